The lowest BCUT2D eigenvalue weighted by molar-refractivity contribution is -0.136. The number of carbonyl (C=O) groups is 1. The van der Waals surface area contributed by atoms with E-state index in [-0.39, 0.29) is 5.91 Å². The minimum absolute atomic E-state index is 0.0216. The maximum Gasteiger partial charge on any atom is 0.242 e. The fraction of sp³-hybridized carbons (Fsp3) is 0.667. The number of hydrogen-bond acceptors (Lipinski definition) is 4. The lowest BCUT2D eigenvalue weighted by Gasteiger charge is -2.37. The fourth-order valence-corrected chi connectivity index (χ4v) is 2.15. The highest BCUT2D eigenvalue weighted by Gasteiger charge is 2.30. The Morgan fingerprint density at radius 2 is 1.94 bits per heavy atom. The number of anilines is 1. The van der Waals surface area contributed by atoms with Crippen LogP contribution in [0.15, 0.2) is 12.4 Å². The predicted molar refractivity (Wildman–Crippen MR) is 70.3 cm³/mol. The number of aryl methyl sites for hydroxylation is 1. The first kappa shape index (κ1) is 12.9. The van der Waals surface area contributed by atoms with Gasteiger partial charge in [0.05, 0.1) is 17.4 Å². The van der Waals surface area contributed by atoms with Crippen LogP contribution in [-0.4, -0.2) is 52.3 Å². The van der Waals surface area contributed by atoms with Gasteiger partial charge in [-0.1, -0.05) is 0 Å². The molecule has 0 radical (unpaired) electrons. The van der Waals surface area contributed by atoms with E-state index in [0.29, 0.717) is 13.1 Å². The van der Waals surface area contributed by atoms with Crippen LogP contribution < -0.4 is 10.6 Å². The molecule has 2 N–H and O–H groups in total. The minimum atomic E-state index is -0.781. The Bertz CT molecular complexity index is 426. The van der Waals surface area contributed by atoms with E-state index >= 15 is 0 Å². The summed E-state index contributed by atoms with van der Waals surface area (Å²) in [6.45, 7) is 6.59. The molecule has 1 aromatic rings. The average molecular weight is 251 g/mol. The highest BCUT2D eigenvalue weighted by atomic mass is 16.2. The van der Waals surface area contributed by atoms with Gasteiger partial charge in [-0.25, -0.2) is 0 Å². The number of carbonyl (C=O) groups excluding carboxylic acids is 1. The number of amides is 1. The van der Waals surface area contributed by atoms with Gasteiger partial charge in [-0.05, 0) is 13.8 Å². The Morgan fingerprint density at radius 1 is 1.33 bits per heavy atom. The van der Waals surface area contributed by atoms with Crippen molar-refractivity contribution in [3.05, 3.63) is 12.4 Å². The molecular formula is C12H21N5O. The molecule has 1 aliphatic rings. The molecule has 1 saturated heterocycles. The van der Waals surface area contributed by atoms with Gasteiger partial charge in [-0.15, -0.1) is 0 Å². The van der Waals surface area contributed by atoms with E-state index in [9.17, 15) is 4.79 Å². The predicted octanol–water partition coefficient (Wildman–Crippen LogP) is -0.194. The lowest BCUT2D eigenvalue weighted by atomic mass is 10.0. The first-order valence-corrected chi connectivity index (χ1v) is 6.20. The number of hydrogen-bond donors (Lipinski definition) is 1. The molecule has 0 aromatic carbocycles. The summed E-state index contributed by atoms with van der Waals surface area (Å²) in [5.74, 6) is 0.0216. The molecule has 2 heterocycles. The molecule has 2 rings (SSSR count). The summed E-state index contributed by atoms with van der Waals surface area (Å²) >= 11 is 0. The third-order valence-electron chi connectivity index (χ3n) is 3.17. The second-order valence-corrected chi connectivity index (χ2v) is 5.37. The molecule has 100 valence electrons. The van der Waals surface area contributed by atoms with Gasteiger partial charge in [0.15, 0.2) is 0 Å². The lowest BCUT2D eigenvalue weighted by Crippen LogP contribution is -2.57. The molecule has 18 heavy (non-hydrogen) atoms. The zero-order valence-corrected chi connectivity index (χ0v) is 11.3. The van der Waals surface area contributed by atoms with Crippen LogP contribution >= 0.6 is 0 Å². The summed E-state index contributed by atoms with van der Waals surface area (Å²) in [5.41, 5.74) is 6.17. The Morgan fingerprint density at radius 3 is 2.39 bits per heavy atom. The summed E-state index contributed by atoms with van der Waals surface area (Å²) in [5, 5.41) is 4.16. The average Bonchev–Trinajstić information content (AvgIpc) is 2.74. The number of piperazine rings is 1. The monoisotopic (exact) mass is 251 g/mol. The molecule has 0 unspecified atom stereocenters. The van der Waals surface area contributed by atoms with Crippen molar-refractivity contribution >= 4 is 11.6 Å². The molecular weight excluding hydrogens is 230 g/mol. The van der Waals surface area contributed by atoms with Gasteiger partial charge in [0.2, 0.25) is 5.91 Å². The van der Waals surface area contributed by atoms with E-state index in [1.54, 1.807) is 18.5 Å². The Hall–Kier alpha value is -1.56. The molecule has 0 aliphatic carbocycles. The van der Waals surface area contributed by atoms with Crippen LogP contribution in [0, 0.1) is 0 Å². The van der Waals surface area contributed by atoms with Crippen molar-refractivity contribution in [3.63, 3.8) is 0 Å². The molecule has 6 nitrogen and oxygen atoms in total. The van der Waals surface area contributed by atoms with Crippen LogP contribution in [0.3, 0.4) is 0 Å². The van der Waals surface area contributed by atoms with Crippen LogP contribution in [0.2, 0.25) is 0 Å². The van der Waals surface area contributed by atoms with Gasteiger partial charge in [0.1, 0.15) is 0 Å². The Kier molecular flexibility index (Phi) is 3.30. The normalized spacial score (nSPS) is 17.1. The van der Waals surface area contributed by atoms with Crippen molar-refractivity contribution in [3.8, 4) is 0 Å². The second-order valence-electron chi connectivity index (χ2n) is 5.37. The van der Waals surface area contributed by atoms with Gasteiger partial charge >= 0.3 is 0 Å². The Balaban J connectivity index is 1.94. The summed E-state index contributed by atoms with van der Waals surface area (Å²) < 4.78 is 1.79. The first-order chi connectivity index (χ1) is 8.38. The van der Waals surface area contributed by atoms with Crippen molar-refractivity contribution < 1.29 is 4.79 Å². The van der Waals surface area contributed by atoms with E-state index in [1.165, 1.54) is 0 Å². The Labute approximate surface area is 107 Å². The topological polar surface area (TPSA) is 67.4 Å². The fourth-order valence-electron chi connectivity index (χ4n) is 2.15. The molecule has 1 fully saturated rings. The van der Waals surface area contributed by atoms with E-state index in [1.807, 2.05) is 24.3 Å². The van der Waals surface area contributed by atoms with Crippen LogP contribution in [0.25, 0.3) is 0 Å². The van der Waals surface area contributed by atoms with Crippen molar-refractivity contribution in [2.75, 3.05) is 31.1 Å². The first-order valence-electron chi connectivity index (χ1n) is 6.20. The van der Waals surface area contributed by atoms with Crippen LogP contribution in [0.4, 0.5) is 5.69 Å². The smallest absolute Gasteiger partial charge is 0.242 e. The summed E-state index contributed by atoms with van der Waals surface area (Å²) in [6, 6.07) is 0. The second kappa shape index (κ2) is 4.61. The minimum Gasteiger partial charge on any atom is -0.365 e. The van der Waals surface area contributed by atoms with Gasteiger partial charge < -0.3 is 15.5 Å². The third-order valence-corrected chi connectivity index (χ3v) is 3.17. The zero-order chi connectivity index (χ0) is 13.3. The SMILES string of the molecule is Cn1cc(N2CCN(C(=O)C(C)(C)N)CC2)cn1. The van der Waals surface area contributed by atoms with E-state index in [2.05, 4.69) is 10.00 Å². The molecule has 1 aromatic heterocycles. The van der Waals surface area contributed by atoms with Gasteiger partial charge in [-0.3, -0.25) is 9.48 Å². The highest BCUT2D eigenvalue weighted by molar-refractivity contribution is 5.85. The largest absolute Gasteiger partial charge is 0.365 e. The molecule has 1 amide bonds. The van der Waals surface area contributed by atoms with Crippen molar-refractivity contribution in [1.82, 2.24) is 14.7 Å². The molecule has 6 heteroatoms. The maximum atomic E-state index is 12.0. The van der Waals surface area contributed by atoms with Crippen molar-refractivity contribution in [2.45, 2.75) is 19.4 Å². The molecule has 1 aliphatic heterocycles. The van der Waals surface area contributed by atoms with Crippen molar-refractivity contribution in [1.29, 1.82) is 0 Å². The van der Waals surface area contributed by atoms with Crippen LogP contribution in [0.5, 0.6) is 0 Å². The van der Waals surface area contributed by atoms with Gasteiger partial charge in [0, 0.05) is 39.4 Å². The quantitative estimate of drug-likeness (QED) is 0.791. The summed E-state index contributed by atoms with van der Waals surface area (Å²) in [7, 11) is 1.90. The zero-order valence-electron chi connectivity index (χ0n) is 11.3. The number of nitrogens with zero attached hydrogens (tertiary/aromatic N) is 4. The molecule has 0 bridgehead atoms. The van der Waals surface area contributed by atoms with Crippen LogP contribution in [0.1, 0.15) is 13.8 Å². The number of nitrogens with two attached hydrogens (primary N) is 1. The summed E-state index contributed by atoms with van der Waals surface area (Å²) in [6.07, 6.45) is 3.84. The molecule has 0 saturated carbocycles. The van der Waals surface area contributed by atoms with E-state index in [0.717, 1.165) is 18.8 Å². The number of rotatable bonds is 2. The number of aromatic nitrogens is 2. The maximum absolute atomic E-state index is 12.0. The van der Waals surface area contributed by atoms with Gasteiger partial charge in [0.25, 0.3) is 0 Å². The molecule has 0 spiro atoms. The standard InChI is InChI=1S/C12H21N5O/c1-12(2,13)11(18)17-6-4-16(5-7-17)10-8-14-15(3)9-10/h8-9H,4-7,13H2,1-3H3. The van der Waals surface area contributed by atoms with Crippen LogP contribution in [-0.2, 0) is 11.8 Å². The highest BCUT2D eigenvalue weighted by Crippen LogP contribution is 2.16. The summed E-state index contributed by atoms with van der Waals surface area (Å²) in [4.78, 5) is 16.1. The van der Waals surface area contributed by atoms with Gasteiger partial charge in [-0.2, -0.15) is 5.10 Å². The van der Waals surface area contributed by atoms with Crippen molar-refractivity contribution in [2.24, 2.45) is 12.8 Å². The van der Waals surface area contributed by atoms with E-state index in [4.69, 9.17) is 5.73 Å². The molecule has 0 atom stereocenters. The third kappa shape index (κ3) is 2.64. The van der Waals surface area contributed by atoms with E-state index < -0.39 is 5.54 Å².